The monoisotopic (exact) mass is 431 g/mol. The maximum Gasteiger partial charge on any atom is 0.253 e. The number of hydrogen-bond donors (Lipinski definition) is 2. The molecule has 0 bridgehead atoms. The van der Waals surface area contributed by atoms with Gasteiger partial charge in [-0.1, -0.05) is 0 Å². The third-order valence-electron chi connectivity index (χ3n) is 3.78. The normalized spacial score (nSPS) is 13.4. The van der Waals surface area contributed by atoms with E-state index in [1.165, 1.54) is 12.2 Å². The summed E-state index contributed by atoms with van der Waals surface area (Å²) in [6.45, 7) is 5.63. The van der Waals surface area contributed by atoms with E-state index in [1.54, 1.807) is 0 Å². The van der Waals surface area contributed by atoms with Crippen LogP contribution in [0.4, 0.5) is 0 Å². The molecule has 0 saturated carbocycles. The van der Waals surface area contributed by atoms with Gasteiger partial charge in [0.05, 0.1) is 66.1 Å². The lowest BCUT2D eigenvalue weighted by atomic mass is 10.3. The number of ether oxygens (including phenoxy) is 5. The molecule has 0 aromatic rings. The summed E-state index contributed by atoms with van der Waals surface area (Å²) in [5.74, 6) is -1.02. The number of nitrogens with two attached hydrogens (primary N) is 1. The van der Waals surface area contributed by atoms with Gasteiger partial charge in [-0.15, -0.1) is 0 Å². The molecule has 172 valence electrons. The van der Waals surface area contributed by atoms with Gasteiger partial charge in [0.2, 0.25) is 5.91 Å². The van der Waals surface area contributed by atoms with Gasteiger partial charge in [0.15, 0.2) is 0 Å². The molecule has 30 heavy (non-hydrogen) atoms. The number of hydrogen-bond acceptors (Lipinski definition) is 9. The smallest absolute Gasteiger partial charge is 0.253 e. The van der Waals surface area contributed by atoms with Crippen LogP contribution in [0, 0.1) is 0 Å². The SMILES string of the molecule is NCCOCCOCCOCCOCCOCCNC(=O)CCN1C(=O)C=CC1=O. The van der Waals surface area contributed by atoms with Crippen LogP contribution < -0.4 is 11.1 Å². The first-order chi connectivity index (χ1) is 14.6. The minimum atomic E-state index is -0.390. The highest BCUT2D eigenvalue weighted by molar-refractivity contribution is 6.13. The van der Waals surface area contributed by atoms with E-state index in [0.717, 1.165) is 4.90 Å². The molecule has 11 heteroatoms. The predicted octanol–water partition coefficient (Wildman–Crippen LogP) is -1.54. The van der Waals surface area contributed by atoms with E-state index in [2.05, 4.69) is 5.32 Å². The van der Waals surface area contributed by atoms with Gasteiger partial charge in [-0.2, -0.15) is 0 Å². The molecule has 0 atom stereocenters. The van der Waals surface area contributed by atoms with Gasteiger partial charge in [-0.3, -0.25) is 19.3 Å². The van der Waals surface area contributed by atoms with Crippen LogP contribution in [0.5, 0.6) is 0 Å². The van der Waals surface area contributed by atoms with Gasteiger partial charge in [-0.25, -0.2) is 0 Å². The van der Waals surface area contributed by atoms with Crippen molar-refractivity contribution < 1.29 is 38.1 Å². The Bertz CT molecular complexity index is 512. The maximum absolute atomic E-state index is 11.7. The van der Waals surface area contributed by atoms with E-state index in [9.17, 15) is 14.4 Å². The summed E-state index contributed by atoms with van der Waals surface area (Å²) in [5.41, 5.74) is 5.29. The van der Waals surface area contributed by atoms with Crippen LogP contribution in [0.1, 0.15) is 6.42 Å². The number of imide groups is 1. The highest BCUT2D eigenvalue weighted by Gasteiger charge is 2.23. The number of carbonyl (C=O) groups excluding carboxylic acids is 3. The molecule has 1 aliphatic rings. The Balaban J connectivity index is 1.77. The van der Waals surface area contributed by atoms with E-state index >= 15 is 0 Å². The van der Waals surface area contributed by atoms with Gasteiger partial charge >= 0.3 is 0 Å². The molecule has 1 heterocycles. The zero-order chi connectivity index (χ0) is 21.9. The van der Waals surface area contributed by atoms with Crippen molar-refractivity contribution >= 4 is 17.7 Å². The largest absolute Gasteiger partial charge is 0.378 e. The van der Waals surface area contributed by atoms with E-state index in [-0.39, 0.29) is 30.7 Å². The van der Waals surface area contributed by atoms with Crippen LogP contribution >= 0.6 is 0 Å². The lowest BCUT2D eigenvalue weighted by molar-refractivity contribution is -0.137. The Morgan fingerprint density at radius 1 is 0.767 bits per heavy atom. The fraction of sp³-hybridized carbons (Fsp3) is 0.737. The number of nitrogens with zero attached hydrogens (tertiary/aromatic N) is 1. The molecule has 0 spiro atoms. The third-order valence-corrected chi connectivity index (χ3v) is 3.78. The van der Waals surface area contributed by atoms with Crippen LogP contribution in [-0.2, 0) is 38.1 Å². The number of carbonyl (C=O) groups is 3. The molecule has 1 rings (SSSR count). The molecule has 0 aromatic heterocycles. The molecule has 0 unspecified atom stereocenters. The van der Waals surface area contributed by atoms with Crippen molar-refractivity contribution in [3.8, 4) is 0 Å². The van der Waals surface area contributed by atoms with Crippen molar-refractivity contribution in [1.29, 1.82) is 0 Å². The second kappa shape index (κ2) is 17.9. The van der Waals surface area contributed by atoms with Crippen LogP contribution in [-0.4, -0.2) is 108 Å². The van der Waals surface area contributed by atoms with E-state index in [0.29, 0.717) is 79.2 Å². The molecular weight excluding hydrogens is 398 g/mol. The van der Waals surface area contributed by atoms with E-state index in [4.69, 9.17) is 29.4 Å². The highest BCUT2D eigenvalue weighted by atomic mass is 16.6. The van der Waals surface area contributed by atoms with Gasteiger partial charge in [0, 0.05) is 38.2 Å². The molecule has 0 radical (unpaired) electrons. The average molecular weight is 431 g/mol. The quantitative estimate of drug-likeness (QED) is 0.173. The number of nitrogens with one attached hydrogen (secondary N) is 1. The summed E-state index contributed by atoms with van der Waals surface area (Å²) in [4.78, 5) is 35.4. The Kier molecular flexibility index (Phi) is 15.6. The third kappa shape index (κ3) is 13.4. The predicted molar refractivity (Wildman–Crippen MR) is 107 cm³/mol. The Labute approximate surface area is 176 Å². The average Bonchev–Trinajstić information content (AvgIpc) is 3.06. The van der Waals surface area contributed by atoms with Crippen LogP contribution in [0.25, 0.3) is 0 Å². The summed E-state index contributed by atoms with van der Waals surface area (Å²) in [6.07, 6.45) is 2.45. The summed E-state index contributed by atoms with van der Waals surface area (Å²) in [6, 6.07) is 0. The summed E-state index contributed by atoms with van der Waals surface area (Å²) < 4.78 is 26.6. The van der Waals surface area contributed by atoms with E-state index < -0.39 is 0 Å². The van der Waals surface area contributed by atoms with Gasteiger partial charge in [0.1, 0.15) is 0 Å². The molecule has 3 N–H and O–H groups in total. The number of rotatable bonds is 20. The number of amides is 3. The Morgan fingerprint density at radius 2 is 1.20 bits per heavy atom. The fourth-order valence-corrected chi connectivity index (χ4v) is 2.28. The van der Waals surface area contributed by atoms with Crippen molar-refractivity contribution in [2.75, 3.05) is 85.7 Å². The Hall–Kier alpha value is -1.89. The molecule has 11 nitrogen and oxygen atoms in total. The van der Waals surface area contributed by atoms with Gasteiger partial charge in [-0.05, 0) is 0 Å². The summed E-state index contributed by atoms with van der Waals surface area (Å²) in [7, 11) is 0. The van der Waals surface area contributed by atoms with Crippen molar-refractivity contribution in [2.45, 2.75) is 6.42 Å². The molecule has 0 saturated heterocycles. The summed E-state index contributed by atoms with van der Waals surface area (Å²) in [5, 5.41) is 2.67. The topological polar surface area (TPSA) is 139 Å². The molecule has 0 fully saturated rings. The van der Waals surface area contributed by atoms with Gasteiger partial charge < -0.3 is 34.7 Å². The molecular formula is C19H33N3O8. The first-order valence-electron chi connectivity index (χ1n) is 10.0. The molecule has 1 aliphatic heterocycles. The standard InChI is InChI=1S/C19H33N3O8/c20-4-7-26-9-11-28-13-15-30-16-14-29-12-10-27-8-5-21-17(23)3-6-22-18(24)1-2-19(22)25/h1-2H,3-16,20H2,(H,21,23). The van der Waals surface area contributed by atoms with E-state index in [1.807, 2.05) is 0 Å². The van der Waals surface area contributed by atoms with Crippen molar-refractivity contribution in [3.63, 3.8) is 0 Å². The minimum absolute atomic E-state index is 0.0649. The highest BCUT2D eigenvalue weighted by Crippen LogP contribution is 2.03. The van der Waals surface area contributed by atoms with Crippen molar-refractivity contribution in [3.05, 3.63) is 12.2 Å². The summed E-state index contributed by atoms with van der Waals surface area (Å²) >= 11 is 0. The fourth-order valence-electron chi connectivity index (χ4n) is 2.28. The van der Waals surface area contributed by atoms with Crippen LogP contribution in [0.15, 0.2) is 12.2 Å². The zero-order valence-corrected chi connectivity index (χ0v) is 17.3. The Morgan fingerprint density at radius 3 is 1.67 bits per heavy atom. The van der Waals surface area contributed by atoms with Gasteiger partial charge in [0.25, 0.3) is 11.8 Å². The van der Waals surface area contributed by atoms with Crippen molar-refractivity contribution in [2.24, 2.45) is 5.73 Å². The molecule has 0 aromatic carbocycles. The second-order valence-electron chi connectivity index (χ2n) is 6.11. The lowest BCUT2D eigenvalue weighted by Crippen LogP contribution is -2.35. The van der Waals surface area contributed by atoms with Crippen LogP contribution in [0.2, 0.25) is 0 Å². The zero-order valence-electron chi connectivity index (χ0n) is 17.3. The van der Waals surface area contributed by atoms with Crippen LogP contribution in [0.3, 0.4) is 0 Å². The molecule has 3 amide bonds. The first kappa shape index (κ1) is 26.1. The second-order valence-corrected chi connectivity index (χ2v) is 6.11. The van der Waals surface area contributed by atoms with Crippen molar-refractivity contribution in [1.82, 2.24) is 10.2 Å². The lowest BCUT2D eigenvalue weighted by Gasteiger charge is -2.13. The maximum atomic E-state index is 11.7. The molecule has 0 aliphatic carbocycles. The first-order valence-corrected chi connectivity index (χ1v) is 10.0. The minimum Gasteiger partial charge on any atom is -0.378 e.